The van der Waals surface area contributed by atoms with Crippen molar-refractivity contribution in [2.75, 3.05) is 14.2 Å². The summed E-state index contributed by atoms with van der Waals surface area (Å²) in [5, 5.41) is 0. The summed E-state index contributed by atoms with van der Waals surface area (Å²) in [6.45, 7) is 1.85. The van der Waals surface area contributed by atoms with E-state index in [4.69, 9.17) is 9.47 Å². The Morgan fingerprint density at radius 3 is 1.40 bits per heavy atom. The van der Waals surface area contributed by atoms with Gasteiger partial charge in [-0.2, -0.15) is 0 Å². The topological polar surface area (TPSA) is 60.4 Å². The molecule has 0 saturated heterocycles. The van der Waals surface area contributed by atoms with Crippen molar-refractivity contribution in [2.45, 2.75) is 64.5 Å². The molecule has 0 aliphatic carbocycles. The Balaban J connectivity index is 1.51. The average Bonchev–Trinajstić information content (AvgIpc) is 2.79. The Morgan fingerprint density at radius 2 is 1.03 bits per heavy atom. The highest BCUT2D eigenvalue weighted by Gasteiger charge is 2.11. The molecule has 0 aliphatic rings. The van der Waals surface area contributed by atoms with Crippen LogP contribution in [-0.2, 0) is 22.6 Å². The van der Waals surface area contributed by atoms with Gasteiger partial charge in [0.2, 0.25) is 0 Å². The summed E-state index contributed by atoms with van der Waals surface area (Å²) in [6.07, 6.45) is 17.3. The van der Waals surface area contributed by atoms with Crippen LogP contribution < -0.4 is 9.13 Å². The highest BCUT2D eigenvalue weighted by Crippen LogP contribution is 2.09. The second kappa shape index (κ2) is 13.5. The van der Waals surface area contributed by atoms with Crippen molar-refractivity contribution in [3.8, 4) is 0 Å². The first-order valence-electron chi connectivity index (χ1n) is 10.8. The van der Waals surface area contributed by atoms with Crippen LogP contribution >= 0.6 is 0 Å². The number of unbranched alkanes of at least 4 members (excludes halogenated alkanes) is 7. The van der Waals surface area contributed by atoms with Gasteiger partial charge in [-0.25, -0.2) is 18.7 Å². The molecule has 0 radical (unpaired) electrons. The van der Waals surface area contributed by atoms with Gasteiger partial charge in [0.15, 0.2) is 24.8 Å². The van der Waals surface area contributed by atoms with E-state index < -0.39 is 0 Å². The van der Waals surface area contributed by atoms with E-state index in [-0.39, 0.29) is 11.9 Å². The van der Waals surface area contributed by atoms with Crippen molar-refractivity contribution in [3.63, 3.8) is 0 Å². The number of aromatic nitrogens is 2. The average molecular weight is 415 g/mol. The van der Waals surface area contributed by atoms with Crippen molar-refractivity contribution >= 4 is 11.9 Å². The molecule has 0 saturated carbocycles. The first-order valence-corrected chi connectivity index (χ1v) is 10.8. The van der Waals surface area contributed by atoms with Crippen LogP contribution in [0.25, 0.3) is 0 Å². The second-order valence-electron chi connectivity index (χ2n) is 7.47. The molecule has 162 valence electrons. The lowest BCUT2D eigenvalue weighted by Crippen LogP contribution is -2.33. The fourth-order valence-corrected chi connectivity index (χ4v) is 3.45. The lowest BCUT2D eigenvalue weighted by Gasteiger charge is -2.02. The molecule has 2 aromatic rings. The lowest BCUT2D eigenvalue weighted by molar-refractivity contribution is -0.697. The normalized spacial score (nSPS) is 10.6. The Labute approximate surface area is 179 Å². The summed E-state index contributed by atoms with van der Waals surface area (Å²) in [6, 6.07) is 7.32. The molecule has 0 aliphatic heterocycles. The highest BCUT2D eigenvalue weighted by molar-refractivity contribution is 5.88. The molecule has 6 heteroatoms. The van der Waals surface area contributed by atoms with Gasteiger partial charge in [-0.1, -0.05) is 25.7 Å². The van der Waals surface area contributed by atoms with E-state index in [1.54, 1.807) is 12.1 Å². The van der Waals surface area contributed by atoms with Gasteiger partial charge < -0.3 is 9.47 Å². The van der Waals surface area contributed by atoms with E-state index in [2.05, 4.69) is 9.13 Å². The zero-order chi connectivity index (χ0) is 21.6. The monoisotopic (exact) mass is 414 g/mol. The van der Waals surface area contributed by atoms with E-state index in [9.17, 15) is 9.59 Å². The van der Waals surface area contributed by atoms with Crippen LogP contribution in [0.15, 0.2) is 49.1 Å². The zero-order valence-corrected chi connectivity index (χ0v) is 18.2. The van der Waals surface area contributed by atoms with Crippen molar-refractivity contribution in [1.82, 2.24) is 0 Å². The molecule has 30 heavy (non-hydrogen) atoms. The standard InChI is InChI=1S/C24H34N2O4/c1-29-23(27)21-13-11-17-25(19-21)15-9-7-5-3-4-6-8-10-16-26-18-12-14-22(20-26)24(28)30-2/h11-14,17-20H,3-10,15-16H2,1-2H3/q+2. The molecule has 2 heterocycles. The predicted molar refractivity (Wildman–Crippen MR) is 113 cm³/mol. The number of aryl methyl sites for hydroxylation is 2. The third kappa shape index (κ3) is 8.31. The quantitative estimate of drug-likeness (QED) is 0.285. The number of nitrogens with zero attached hydrogens (tertiary/aromatic N) is 2. The Hall–Kier alpha value is -2.76. The molecule has 0 aromatic carbocycles. The van der Waals surface area contributed by atoms with Gasteiger partial charge in [0.05, 0.1) is 14.2 Å². The third-order valence-electron chi connectivity index (χ3n) is 5.14. The van der Waals surface area contributed by atoms with Gasteiger partial charge in [-0.05, 0) is 25.0 Å². The van der Waals surface area contributed by atoms with Gasteiger partial charge in [-0.3, -0.25) is 0 Å². The molecular formula is C24H34N2O4+2. The van der Waals surface area contributed by atoms with Gasteiger partial charge in [0.1, 0.15) is 24.2 Å². The van der Waals surface area contributed by atoms with Crippen molar-refractivity contribution in [3.05, 3.63) is 60.2 Å². The first-order chi connectivity index (χ1) is 14.6. The minimum Gasteiger partial charge on any atom is -0.465 e. The Morgan fingerprint density at radius 1 is 0.667 bits per heavy atom. The maximum Gasteiger partial charge on any atom is 0.343 e. The molecule has 0 amide bonds. The van der Waals surface area contributed by atoms with Gasteiger partial charge in [-0.15, -0.1) is 0 Å². The summed E-state index contributed by atoms with van der Waals surface area (Å²) in [5.41, 5.74) is 1.19. The smallest absolute Gasteiger partial charge is 0.343 e. The molecule has 0 unspecified atom stereocenters. The molecule has 0 atom stereocenters. The van der Waals surface area contributed by atoms with Crippen LogP contribution in [-0.4, -0.2) is 26.2 Å². The fourth-order valence-electron chi connectivity index (χ4n) is 3.45. The van der Waals surface area contributed by atoms with E-state index in [0.29, 0.717) is 11.1 Å². The third-order valence-corrected chi connectivity index (χ3v) is 5.14. The minimum absolute atomic E-state index is 0.293. The van der Waals surface area contributed by atoms with Crippen LogP contribution in [0.5, 0.6) is 0 Å². The summed E-state index contributed by atoms with van der Waals surface area (Å²) >= 11 is 0. The largest absolute Gasteiger partial charge is 0.465 e. The number of ether oxygens (including phenoxy) is 2. The van der Waals surface area contributed by atoms with Crippen molar-refractivity contribution in [1.29, 1.82) is 0 Å². The number of hydrogen-bond acceptors (Lipinski definition) is 4. The Kier molecular flexibility index (Phi) is 10.6. The number of esters is 2. The number of carbonyl (C=O) groups is 2. The molecule has 0 spiro atoms. The van der Waals surface area contributed by atoms with Gasteiger partial charge in [0, 0.05) is 25.0 Å². The second-order valence-corrected chi connectivity index (χ2v) is 7.47. The van der Waals surface area contributed by atoms with E-state index in [0.717, 1.165) is 25.9 Å². The Bertz CT molecular complexity index is 740. The molecule has 0 N–H and O–H groups in total. The van der Waals surface area contributed by atoms with Gasteiger partial charge in [0.25, 0.3) is 0 Å². The maximum atomic E-state index is 11.6. The number of methoxy groups -OCH3 is 2. The van der Waals surface area contributed by atoms with E-state index in [1.165, 1.54) is 52.7 Å². The number of carbonyl (C=O) groups excluding carboxylic acids is 2. The minimum atomic E-state index is -0.293. The molecule has 2 aromatic heterocycles. The SMILES string of the molecule is COC(=O)c1ccc[n+](CCCCCCCCCC[n+]2cccc(C(=O)OC)c2)c1. The number of pyridine rings is 2. The fraction of sp³-hybridized carbons (Fsp3) is 0.500. The summed E-state index contributed by atoms with van der Waals surface area (Å²) in [4.78, 5) is 23.1. The first kappa shape index (κ1) is 23.5. The van der Waals surface area contributed by atoms with Crippen molar-refractivity contribution < 1.29 is 28.2 Å². The highest BCUT2D eigenvalue weighted by atomic mass is 16.5. The summed E-state index contributed by atoms with van der Waals surface area (Å²) in [5.74, 6) is -0.585. The molecule has 0 fully saturated rings. The maximum absolute atomic E-state index is 11.6. The molecule has 0 bridgehead atoms. The predicted octanol–water partition coefficient (Wildman–Crippen LogP) is 3.66. The summed E-state index contributed by atoms with van der Waals surface area (Å²) in [7, 11) is 2.81. The summed E-state index contributed by atoms with van der Waals surface area (Å²) < 4.78 is 13.6. The molecule has 6 nitrogen and oxygen atoms in total. The van der Waals surface area contributed by atoms with Crippen molar-refractivity contribution in [2.24, 2.45) is 0 Å². The zero-order valence-electron chi connectivity index (χ0n) is 18.2. The van der Waals surface area contributed by atoms with Crippen LogP contribution in [0.2, 0.25) is 0 Å². The van der Waals surface area contributed by atoms with Crippen LogP contribution in [0.4, 0.5) is 0 Å². The van der Waals surface area contributed by atoms with Crippen LogP contribution in [0.1, 0.15) is 72.1 Å². The van der Waals surface area contributed by atoms with E-state index >= 15 is 0 Å². The number of rotatable bonds is 13. The van der Waals surface area contributed by atoms with E-state index in [1.807, 2.05) is 36.9 Å². The van der Waals surface area contributed by atoms with Crippen LogP contribution in [0, 0.1) is 0 Å². The van der Waals surface area contributed by atoms with Gasteiger partial charge >= 0.3 is 11.9 Å². The lowest BCUT2D eigenvalue weighted by atomic mass is 10.1. The number of hydrogen-bond donors (Lipinski definition) is 0. The molecule has 2 rings (SSSR count). The van der Waals surface area contributed by atoms with Crippen LogP contribution in [0.3, 0.4) is 0 Å². The molecular weight excluding hydrogens is 380 g/mol.